The van der Waals surface area contributed by atoms with Gasteiger partial charge in [0.05, 0.1) is 17.0 Å². The van der Waals surface area contributed by atoms with Crippen molar-refractivity contribution >= 4 is 45.0 Å². The summed E-state index contributed by atoms with van der Waals surface area (Å²) in [5, 5.41) is 18.0. The minimum absolute atomic E-state index is 0.0385. The topological polar surface area (TPSA) is 109 Å². The average molecular weight is 512 g/mol. The summed E-state index contributed by atoms with van der Waals surface area (Å²) in [7, 11) is 0. The first-order valence-corrected chi connectivity index (χ1v) is 13.6. The van der Waals surface area contributed by atoms with Crippen LogP contribution < -0.4 is 10.6 Å². The Labute approximate surface area is 216 Å². The van der Waals surface area contributed by atoms with Gasteiger partial charge < -0.3 is 20.5 Å². The fraction of sp³-hybridized carbons (Fsp3) is 0.556. The highest BCUT2D eigenvalue weighted by atomic mass is 32.1. The summed E-state index contributed by atoms with van der Waals surface area (Å²) in [4.78, 5) is 27.1. The van der Waals surface area contributed by atoms with Gasteiger partial charge in [0.1, 0.15) is 17.2 Å². The van der Waals surface area contributed by atoms with Crippen molar-refractivity contribution in [3.63, 3.8) is 0 Å². The number of anilines is 3. The van der Waals surface area contributed by atoms with Crippen molar-refractivity contribution in [3.05, 3.63) is 35.5 Å². The van der Waals surface area contributed by atoms with E-state index in [-0.39, 0.29) is 24.5 Å². The van der Waals surface area contributed by atoms with Crippen molar-refractivity contribution in [2.45, 2.75) is 84.5 Å². The van der Waals surface area contributed by atoms with Crippen LogP contribution in [0.15, 0.2) is 30.6 Å². The molecule has 0 aliphatic heterocycles. The van der Waals surface area contributed by atoms with E-state index in [0.717, 1.165) is 53.7 Å². The first-order chi connectivity index (χ1) is 17.2. The zero-order chi connectivity index (χ0) is 25.7. The molecule has 0 saturated heterocycles. The molecule has 3 heterocycles. The maximum absolute atomic E-state index is 12.6. The molecule has 3 aromatic heterocycles. The number of aliphatic hydroxyl groups excluding tert-OH is 1. The minimum atomic E-state index is -0.469. The van der Waals surface area contributed by atoms with Gasteiger partial charge in [-0.2, -0.15) is 0 Å². The van der Waals surface area contributed by atoms with Crippen molar-refractivity contribution in [1.82, 2.24) is 15.0 Å². The summed E-state index contributed by atoms with van der Waals surface area (Å²) in [5.41, 5.74) is 0.365. The molecule has 0 unspecified atom stereocenters. The number of carbonyl (C=O) groups is 1. The minimum Gasteiger partial charge on any atom is -0.460 e. The lowest BCUT2D eigenvalue weighted by molar-refractivity contribution is -0.156. The molecule has 3 aromatic rings. The molecule has 1 fully saturated rings. The SMILES string of the molecule is C[C@@H]1CCC[C@H](CC(=O)OC(C)(C)C)C[C@H](Nc2nc(Nc3ncc(CO)s3)cc3ncccc23)C1. The second-order valence-electron chi connectivity index (χ2n) is 10.8. The van der Waals surface area contributed by atoms with Gasteiger partial charge in [0, 0.05) is 36.3 Å². The zero-order valence-electron chi connectivity index (χ0n) is 21.6. The summed E-state index contributed by atoms with van der Waals surface area (Å²) in [6.45, 7) is 8.00. The van der Waals surface area contributed by atoms with Crippen molar-refractivity contribution in [2.24, 2.45) is 11.8 Å². The number of thiazole rings is 1. The number of aliphatic hydroxyl groups is 1. The molecular formula is C27H37N5O3S. The van der Waals surface area contributed by atoms with Gasteiger partial charge in [0.25, 0.3) is 0 Å². The third kappa shape index (κ3) is 7.36. The van der Waals surface area contributed by atoms with E-state index >= 15 is 0 Å². The molecule has 194 valence electrons. The number of hydrogen-bond donors (Lipinski definition) is 3. The fourth-order valence-electron chi connectivity index (χ4n) is 4.89. The van der Waals surface area contributed by atoms with Crippen molar-refractivity contribution < 1.29 is 14.6 Å². The third-order valence-corrected chi connectivity index (χ3v) is 7.27. The van der Waals surface area contributed by atoms with Crippen LogP contribution in [-0.4, -0.2) is 37.7 Å². The van der Waals surface area contributed by atoms with E-state index in [9.17, 15) is 9.90 Å². The molecule has 3 N–H and O–H groups in total. The van der Waals surface area contributed by atoms with Crippen molar-refractivity contribution in [1.29, 1.82) is 0 Å². The lowest BCUT2D eigenvalue weighted by Gasteiger charge is -2.31. The Hall–Kier alpha value is -2.78. The summed E-state index contributed by atoms with van der Waals surface area (Å²) >= 11 is 1.39. The number of esters is 1. The van der Waals surface area contributed by atoms with Gasteiger partial charge in [0.2, 0.25) is 0 Å². The lowest BCUT2D eigenvalue weighted by Crippen LogP contribution is -2.30. The molecule has 1 aliphatic carbocycles. The number of hydrogen-bond acceptors (Lipinski definition) is 9. The van der Waals surface area contributed by atoms with Gasteiger partial charge in [-0.3, -0.25) is 9.78 Å². The molecule has 0 bridgehead atoms. The first kappa shape index (κ1) is 26.3. The molecule has 0 spiro atoms. The molecule has 1 saturated carbocycles. The van der Waals surface area contributed by atoms with E-state index < -0.39 is 5.60 Å². The van der Waals surface area contributed by atoms with Gasteiger partial charge >= 0.3 is 5.97 Å². The van der Waals surface area contributed by atoms with Gasteiger partial charge in [-0.1, -0.05) is 31.1 Å². The summed E-state index contributed by atoms with van der Waals surface area (Å²) < 4.78 is 5.62. The highest BCUT2D eigenvalue weighted by molar-refractivity contribution is 7.15. The van der Waals surface area contributed by atoms with Crippen LogP contribution in [0.2, 0.25) is 0 Å². The van der Waals surface area contributed by atoms with Crippen LogP contribution >= 0.6 is 11.3 Å². The molecule has 3 atom stereocenters. The maximum Gasteiger partial charge on any atom is 0.306 e. The number of fused-ring (bicyclic) bond motifs is 1. The van der Waals surface area contributed by atoms with Crippen molar-refractivity contribution in [2.75, 3.05) is 10.6 Å². The summed E-state index contributed by atoms with van der Waals surface area (Å²) in [6, 6.07) is 6.04. The second-order valence-corrected chi connectivity index (χ2v) is 12.0. The third-order valence-electron chi connectivity index (χ3n) is 6.37. The van der Waals surface area contributed by atoms with E-state index in [2.05, 4.69) is 27.5 Å². The number of aromatic nitrogens is 3. The Morgan fingerprint density at radius 3 is 2.83 bits per heavy atom. The van der Waals surface area contributed by atoms with E-state index in [0.29, 0.717) is 23.3 Å². The Morgan fingerprint density at radius 1 is 1.25 bits per heavy atom. The zero-order valence-corrected chi connectivity index (χ0v) is 22.4. The summed E-state index contributed by atoms with van der Waals surface area (Å²) in [6.07, 6.45) is 9.08. The molecule has 0 amide bonds. The largest absolute Gasteiger partial charge is 0.460 e. The average Bonchev–Trinajstić information content (AvgIpc) is 3.24. The number of pyridine rings is 2. The normalized spacial score (nSPS) is 21.0. The number of rotatable bonds is 7. The number of carbonyl (C=O) groups excluding carboxylic acids is 1. The smallest absolute Gasteiger partial charge is 0.306 e. The quantitative estimate of drug-likeness (QED) is 0.329. The summed E-state index contributed by atoms with van der Waals surface area (Å²) in [5.74, 6) is 2.15. The van der Waals surface area contributed by atoms with Gasteiger partial charge in [-0.05, 0) is 64.0 Å². The van der Waals surface area contributed by atoms with Crippen LogP contribution in [0, 0.1) is 11.8 Å². The molecule has 9 heteroatoms. The molecule has 4 rings (SSSR count). The Balaban J connectivity index is 1.56. The highest BCUT2D eigenvalue weighted by Crippen LogP contribution is 2.33. The molecule has 36 heavy (non-hydrogen) atoms. The van der Waals surface area contributed by atoms with E-state index in [1.807, 2.05) is 39.0 Å². The lowest BCUT2D eigenvalue weighted by atomic mass is 9.82. The van der Waals surface area contributed by atoms with Gasteiger partial charge in [0.15, 0.2) is 5.13 Å². The van der Waals surface area contributed by atoms with Crippen molar-refractivity contribution in [3.8, 4) is 0 Å². The molecular weight excluding hydrogens is 474 g/mol. The number of nitrogens with one attached hydrogen (secondary N) is 2. The van der Waals surface area contributed by atoms with Crippen LogP contribution in [0.25, 0.3) is 10.9 Å². The predicted octanol–water partition coefficient (Wildman–Crippen LogP) is 6.05. The van der Waals surface area contributed by atoms with Crippen LogP contribution in [0.3, 0.4) is 0 Å². The number of ether oxygens (including phenoxy) is 1. The van der Waals surface area contributed by atoms with E-state index in [1.165, 1.54) is 11.3 Å². The fourth-order valence-corrected chi connectivity index (χ4v) is 5.57. The highest BCUT2D eigenvalue weighted by Gasteiger charge is 2.27. The van der Waals surface area contributed by atoms with Crippen LogP contribution in [0.1, 0.15) is 71.1 Å². The number of nitrogens with zero attached hydrogens (tertiary/aromatic N) is 3. The van der Waals surface area contributed by atoms with E-state index in [1.54, 1.807) is 12.4 Å². The standard InChI is InChI=1S/C27H37N5O3S/c1-17-7-5-8-18(13-24(34)35-27(2,3)4)12-19(11-17)30-25-21-9-6-10-28-22(21)14-23(31-25)32-26-29-15-20(16-33)36-26/h6,9-10,14-15,17-19,33H,5,7-8,11-13,16H2,1-4H3,(H2,29,30,31,32)/t17-,18+,19-/m1/s1. The first-order valence-electron chi connectivity index (χ1n) is 12.7. The Morgan fingerprint density at radius 2 is 2.08 bits per heavy atom. The van der Waals surface area contributed by atoms with E-state index in [4.69, 9.17) is 9.72 Å². The molecule has 0 radical (unpaired) electrons. The van der Waals surface area contributed by atoms with Crippen LogP contribution in [-0.2, 0) is 16.1 Å². The molecule has 8 nitrogen and oxygen atoms in total. The second kappa shape index (κ2) is 11.5. The molecule has 0 aromatic carbocycles. The van der Waals surface area contributed by atoms with Gasteiger partial charge in [-0.25, -0.2) is 9.97 Å². The maximum atomic E-state index is 12.6. The molecule has 1 aliphatic rings. The Bertz CT molecular complexity index is 1180. The Kier molecular flexibility index (Phi) is 8.41. The predicted molar refractivity (Wildman–Crippen MR) is 144 cm³/mol. The van der Waals surface area contributed by atoms with Crippen LogP contribution in [0.4, 0.5) is 16.8 Å². The van der Waals surface area contributed by atoms with Crippen LogP contribution in [0.5, 0.6) is 0 Å². The monoisotopic (exact) mass is 511 g/mol. The van der Waals surface area contributed by atoms with Gasteiger partial charge in [-0.15, -0.1) is 0 Å².